The Morgan fingerprint density at radius 3 is 2.58 bits per heavy atom. The molecule has 1 heterocycles. The summed E-state index contributed by atoms with van der Waals surface area (Å²) in [5, 5.41) is 18.3. The van der Waals surface area contributed by atoms with Gasteiger partial charge in [0.2, 0.25) is 5.60 Å². The van der Waals surface area contributed by atoms with Crippen molar-refractivity contribution in [2.75, 3.05) is 0 Å². The molecule has 0 aromatic heterocycles. The molecule has 5 heteroatoms. The van der Waals surface area contributed by atoms with E-state index in [2.05, 4.69) is 6.92 Å². The second kappa shape index (κ2) is 5.17. The molecule has 104 valence electrons. The Morgan fingerprint density at radius 2 is 2.00 bits per heavy atom. The number of rotatable bonds is 7. The van der Waals surface area contributed by atoms with E-state index in [0.29, 0.717) is 12.0 Å². The molecule has 19 heavy (non-hydrogen) atoms. The van der Waals surface area contributed by atoms with Crippen LogP contribution in [0.15, 0.2) is 23.3 Å². The molecule has 0 amide bonds. The van der Waals surface area contributed by atoms with Crippen LogP contribution in [0.1, 0.15) is 39.0 Å². The maximum atomic E-state index is 11.4. The van der Waals surface area contributed by atoms with Crippen LogP contribution in [-0.4, -0.2) is 33.9 Å². The summed E-state index contributed by atoms with van der Waals surface area (Å²) >= 11 is 0. The van der Waals surface area contributed by atoms with E-state index in [1.54, 1.807) is 6.08 Å². The van der Waals surface area contributed by atoms with Crippen molar-refractivity contribution in [3.8, 4) is 0 Å². The van der Waals surface area contributed by atoms with Gasteiger partial charge in [0.15, 0.2) is 0 Å². The average Bonchev–Trinajstić information content (AvgIpc) is 3.10. The fraction of sp³-hybridized carbons (Fsp3) is 0.571. The molecule has 2 N–H and O–H groups in total. The van der Waals surface area contributed by atoms with E-state index in [-0.39, 0.29) is 5.57 Å². The summed E-state index contributed by atoms with van der Waals surface area (Å²) in [6, 6.07) is 0. The molecule has 0 spiro atoms. The fourth-order valence-electron chi connectivity index (χ4n) is 2.57. The average molecular weight is 266 g/mol. The highest BCUT2D eigenvalue weighted by molar-refractivity contribution is 5.97. The first-order valence-corrected chi connectivity index (χ1v) is 6.59. The van der Waals surface area contributed by atoms with Gasteiger partial charge in [-0.05, 0) is 24.5 Å². The zero-order valence-corrected chi connectivity index (χ0v) is 10.9. The minimum absolute atomic E-state index is 0.0275. The molecule has 0 bridgehead atoms. The smallest absolute Gasteiger partial charge is 0.343 e. The molecule has 1 saturated heterocycles. The molecule has 2 atom stereocenters. The third-order valence-electron chi connectivity index (χ3n) is 3.70. The van der Waals surface area contributed by atoms with E-state index in [0.717, 1.165) is 25.7 Å². The van der Waals surface area contributed by atoms with Gasteiger partial charge < -0.3 is 14.9 Å². The molecule has 1 aliphatic heterocycles. The Hall–Kier alpha value is -1.62. The van der Waals surface area contributed by atoms with Gasteiger partial charge in [0.05, 0.1) is 5.57 Å². The molecule has 0 radical (unpaired) electrons. The minimum atomic E-state index is -1.41. The monoisotopic (exact) mass is 266 g/mol. The molecular weight excluding hydrogens is 248 g/mol. The highest BCUT2D eigenvalue weighted by Crippen LogP contribution is 2.51. The van der Waals surface area contributed by atoms with Crippen LogP contribution in [0.3, 0.4) is 0 Å². The van der Waals surface area contributed by atoms with Crippen molar-refractivity contribution in [1.29, 1.82) is 0 Å². The van der Waals surface area contributed by atoms with Crippen LogP contribution in [0.25, 0.3) is 0 Å². The number of carboxylic acid groups (broad SMARTS) is 2. The van der Waals surface area contributed by atoms with Gasteiger partial charge in [0.25, 0.3) is 0 Å². The molecule has 2 aliphatic rings. The molecule has 1 aliphatic carbocycles. The number of aliphatic carboxylic acids is 2. The van der Waals surface area contributed by atoms with Crippen molar-refractivity contribution < 1.29 is 24.5 Å². The van der Waals surface area contributed by atoms with E-state index in [1.165, 1.54) is 6.08 Å². The number of fused-ring (bicyclic) bond motifs is 1. The summed E-state index contributed by atoms with van der Waals surface area (Å²) in [7, 11) is 0. The molecule has 2 rings (SSSR count). The van der Waals surface area contributed by atoms with Crippen LogP contribution >= 0.6 is 0 Å². The number of hydrogen-bond acceptors (Lipinski definition) is 3. The minimum Gasteiger partial charge on any atom is -0.479 e. The fourth-order valence-corrected chi connectivity index (χ4v) is 2.57. The van der Waals surface area contributed by atoms with Gasteiger partial charge in [-0.3, -0.25) is 0 Å². The first-order chi connectivity index (χ1) is 9.04. The Morgan fingerprint density at radius 1 is 1.26 bits per heavy atom. The first kappa shape index (κ1) is 13.8. The van der Waals surface area contributed by atoms with Crippen molar-refractivity contribution in [3.05, 3.63) is 23.3 Å². The van der Waals surface area contributed by atoms with Crippen molar-refractivity contribution in [3.63, 3.8) is 0 Å². The molecule has 2 unspecified atom stereocenters. The Kier molecular flexibility index (Phi) is 3.75. The Labute approximate surface area is 111 Å². The summed E-state index contributed by atoms with van der Waals surface area (Å²) < 4.78 is 5.25. The van der Waals surface area contributed by atoms with Crippen molar-refractivity contribution in [2.24, 2.45) is 0 Å². The number of allylic oxidation sites excluding steroid dienone is 2. The van der Waals surface area contributed by atoms with Gasteiger partial charge >= 0.3 is 11.9 Å². The number of carboxylic acids is 2. The molecular formula is C14H18O5. The van der Waals surface area contributed by atoms with Gasteiger partial charge in [-0.2, -0.15) is 0 Å². The van der Waals surface area contributed by atoms with Crippen molar-refractivity contribution in [1.82, 2.24) is 0 Å². The third kappa shape index (κ3) is 2.30. The highest BCUT2D eigenvalue weighted by Gasteiger charge is 2.68. The number of hydrogen-bond donors (Lipinski definition) is 2. The van der Waals surface area contributed by atoms with Gasteiger partial charge in [0.1, 0.15) is 6.10 Å². The van der Waals surface area contributed by atoms with E-state index in [1.807, 2.05) is 0 Å². The summed E-state index contributed by atoms with van der Waals surface area (Å²) in [6.07, 6.45) is 7.08. The van der Waals surface area contributed by atoms with Crippen molar-refractivity contribution >= 4 is 11.9 Å². The second-order valence-electron chi connectivity index (χ2n) is 4.97. The molecule has 5 nitrogen and oxygen atoms in total. The molecule has 1 fully saturated rings. The number of unbranched alkanes of at least 4 members (excludes halogenated alkanes) is 3. The maximum absolute atomic E-state index is 11.4. The van der Waals surface area contributed by atoms with Crippen LogP contribution in [0.5, 0.6) is 0 Å². The predicted octanol–water partition coefficient (Wildman–Crippen LogP) is 2.13. The second-order valence-corrected chi connectivity index (χ2v) is 4.97. The largest absolute Gasteiger partial charge is 0.479 e. The third-order valence-corrected chi connectivity index (χ3v) is 3.70. The number of ether oxygens (including phenoxy) is 1. The highest BCUT2D eigenvalue weighted by atomic mass is 16.6. The van der Waals surface area contributed by atoms with E-state index < -0.39 is 23.6 Å². The summed E-state index contributed by atoms with van der Waals surface area (Å²) in [4.78, 5) is 22.4. The Balaban J connectivity index is 2.12. The lowest BCUT2D eigenvalue weighted by atomic mass is 9.84. The summed E-state index contributed by atoms with van der Waals surface area (Å²) in [5.74, 6) is -2.21. The lowest BCUT2D eigenvalue weighted by Crippen LogP contribution is -2.33. The van der Waals surface area contributed by atoms with Gasteiger partial charge in [-0.1, -0.05) is 32.3 Å². The lowest BCUT2D eigenvalue weighted by Gasteiger charge is -2.16. The van der Waals surface area contributed by atoms with Crippen LogP contribution in [0.2, 0.25) is 0 Å². The lowest BCUT2D eigenvalue weighted by molar-refractivity contribution is -0.141. The maximum Gasteiger partial charge on any atom is 0.343 e. The SMILES string of the molecule is CCCCCCC1=CC=C(C(=O)O)C2OC12C(=O)O. The molecule has 0 aromatic rings. The van der Waals surface area contributed by atoms with Gasteiger partial charge in [0, 0.05) is 0 Å². The van der Waals surface area contributed by atoms with E-state index in [9.17, 15) is 14.7 Å². The Bertz CT molecular complexity index is 462. The molecule has 0 saturated carbocycles. The number of carbonyl (C=O) groups is 2. The van der Waals surface area contributed by atoms with Crippen LogP contribution in [0, 0.1) is 0 Å². The topological polar surface area (TPSA) is 87.1 Å². The molecule has 0 aromatic carbocycles. The standard InChI is InChI=1S/C14H18O5/c1-2-3-4-5-6-9-7-8-10(12(15)16)11-14(9,19-11)13(17)18/h7-8,11H,2-6H2,1H3,(H,15,16)(H,17,18). The predicted molar refractivity (Wildman–Crippen MR) is 67.8 cm³/mol. The zero-order valence-electron chi connectivity index (χ0n) is 10.9. The zero-order chi connectivity index (χ0) is 14.0. The van der Waals surface area contributed by atoms with Crippen molar-refractivity contribution in [2.45, 2.75) is 50.7 Å². The van der Waals surface area contributed by atoms with Gasteiger partial charge in [-0.15, -0.1) is 0 Å². The van der Waals surface area contributed by atoms with E-state index >= 15 is 0 Å². The first-order valence-electron chi connectivity index (χ1n) is 6.59. The number of epoxide rings is 1. The van der Waals surface area contributed by atoms with E-state index in [4.69, 9.17) is 9.84 Å². The summed E-state index contributed by atoms with van der Waals surface area (Å²) in [6.45, 7) is 2.11. The van der Waals surface area contributed by atoms with Gasteiger partial charge in [-0.25, -0.2) is 9.59 Å². The van der Waals surface area contributed by atoms with Crippen LogP contribution in [-0.2, 0) is 14.3 Å². The quantitative estimate of drug-likeness (QED) is 0.544. The normalized spacial score (nSPS) is 28.2. The van der Waals surface area contributed by atoms with Crippen LogP contribution in [0.4, 0.5) is 0 Å². The summed E-state index contributed by atoms with van der Waals surface area (Å²) in [5.41, 5.74) is -0.694. The van der Waals surface area contributed by atoms with Crippen LogP contribution < -0.4 is 0 Å².